The first-order valence-electron chi connectivity index (χ1n) is 6.34. The third kappa shape index (κ3) is 3.51. The summed E-state index contributed by atoms with van der Waals surface area (Å²) in [6.45, 7) is 4.21. The maximum atomic E-state index is 10.7. The van der Waals surface area contributed by atoms with E-state index in [-0.39, 0.29) is 5.41 Å². The van der Waals surface area contributed by atoms with Crippen LogP contribution in [0.5, 0.6) is 0 Å². The molecule has 1 aromatic heterocycles. The summed E-state index contributed by atoms with van der Waals surface area (Å²) in [7, 11) is 0. The minimum atomic E-state index is -0.669. The van der Waals surface area contributed by atoms with Crippen LogP contribution >= 0.6 is 11.8 Å². The second-order valence-corrected chi connectivity index (χ2v) is 6.43. The lowest BCUT2D eigenvalue weighted by atomic mass is 10.1. The van der Waals surface area contributed by atoms with Crippen LogP contribution in [0.15, 0.2) is 12.3 Å². The van der Waals surface area contributed by atoms with Gasteiger partial charge in [-0.2, -0.15) is 16.9 Å². The third-order valence-corrected chi connectivity index (χ3v) is 4.65. The lowest BCUT2D eigenvalue weighted by molar-refractivity contribution is -0.138. The van der Waals surface area contributed by atoms with E-state index in [1.807, 2.05) is 16.9 Å². The molecule has 0 saturated heterocycles. The fraction of sp³-hybridized carbons (Fsp3) is 0.692. The Morgan fingerprint density at radius 3 is 2.83 bits per heavy atom. The molecule has 1 saturated carbocycles. The maximum Gasteiger partial charge on any atom is 0.303 e. The van der Waals surface area contributed by atoms with Gasteiger partial charge in [0.05, 0.1) is 12.1 Å². The number of carboxylic acid groups (broad SMARTS) is 1. The zero-order valence-electron chi connectivity index (χ0n) is 10.9. The van der Waals surface area contributed by atoms with E-state index in [0.717, 1.165) is 30.0 Å². The topological polar surface area (TPSA) is 55.1 Å². The SMILES string of the molecule is CC(C)n1ccc(CSCC2(CC(=O)O)CC2)n1. The van der Waals surface area contributed by atoms with E-state index in [1.54, 1.807) is 11.8 Å². The first-order valence-corrected chi connectivity index (χ1v) is 7.50. The van der Waals surface area contributed by atoms with E-state index in [2.05, 4.69) is 18.9 Å². The molecular weight excluding hydrogens is 248 g/mol. The van der Waals surface area contributed by atoms with E-state index >= 15 is 0 Å². The zero-order valence-corrected chi connectivity index (χ0v) is 11.7. The molecule has 1 aliphatic carbocycles. The average molecular weight is 268 g/mol. The standard InChI is InChI=1S/C13H20N2O2S/c1-10(2)15-6-3-11(14-15)8-18-9-13(4-5-13)7-12(16)17/h3,6,10H,4-5,7-9H2,1-2H3,(H,16,17). The van der Waals surface area contributed by atoms with Crippen molar-refractivity contribution in [3.8, 4) is 0 Å². The summed E-state index contributed by atoms with van der Waals surface area (Å²) in [5.41, 5.74) is 1.16. The minimum absolute atomic E-state index is 0.0805. The van der Waals surface area contributed by atoms with Crippen molar-refractivity contribution in [1.82, 2.24) is 9.78 Å². The zero-order chi connectivity index (χ0) is 13.2. The fourth-order valence-corrected chi connectivity index (χ4v) is 3.27. The number of aliphatic carboxylic acids is 1. The normalized spacial score (nSPS) is 17.1. The molecule has 2 rings (SSSR count). The Bertz CT molecular complexity index is 424. The van der Waals surface area contributed by atoms with E-state index in [1.165, 1.54) is 0 Å². The molecule has 1 fully saturated rings. The molecule has 0 bridgehead atoms. The van der Waals surface area contributed by atoms with Crippen molar-refractivity contribution < 1.29 is 9.90 Å². The molecule has 18 heavy (non-hydrogen) atoms. The summed E-state index contributed by atoms with van der Waals surface area (Å²) >= 11 is 1.80. The molecule has 1 aliphatic rings. The van der Waals surface area contributed by atoms with Crippen molar-refractivity contribution in [2.24, 2.45) is 5.41 Å². The van der Waals surface area contributed by atoms with Crippen LogP contribution in [0.3, 0.4) is 0 Å². The van der Waals surface area contributed by atoms with Gasteiger partial charge in [-0.05, 0) is 43.9 Å². The molecule has 0 amide bonds. The highest BCUT2D eigenvalue weighted by atomic mass is 32.2. The predicted octanol–water partition coefficient (Wildman–Crippen LogP) is 2.95. The molecule has 5 heteroatoms. The molecule has 0 aliphatic heterocycles. The number of nitrogens with zero attached hydrogens (tertiary/aromatic N) is 2. The fourth-order valence-electron chi connectivity index (χ4n) is 1.98. The van der Waals surface area contributed by atoms with Crippen molar-refractivity contribution in [1.29, 1.82) is 0 Å². The Morgan fingerprint density at radius 2 is 2.33 bits per heavy atom. The monoisotopic (exact) mass is 268 g/mol. The number of thioether (sulfide) groups is 1. The van der Waals surface area contributed by atoms with Gasteiger partial charge in [0, 0.05) is 18.0 Å². The Morgan fingerprint density at radius 1 is 1.61 bits per heavy atom. The van der Waals surface area contributed by atoms with Crippen molar-refractivity contribution in [2.45, 2.75) is 44.9 Å². The van der Waals surface area contributed by atoms with Crippen LogP contribution in [0.25, 0.3) is 0 Å². The number of hydrogen-bond donors (Lipinski definition) is 1. The van der Waals surface area contributed by atoms with Crippen molar-refractivity contribution in [3.63, 3.8) is 0 Å². The van der Waals surface area contributed by atoms with E-state index in [9.17, 15) is 4.79 Å². The number of carbonyl (C=O) groups is 1. The Kier molecular flexibility index (Phi) is 4.00. The molecule has 0 atom stereocenters. The van der Waals surface area contributed by atoms with Crippen LogP contribution in [-0.2, 0) is 10.5 Å². The highest BCUT2D eigenvalue weighted by Gasteiger charge is 2.44. The molecule has 100 valence electrons. The second-order valence-electron chi connectivity index (χ2n) is 5.44. The van der Waals surface area contributed by atoms with Gasteiger partial charge in [0.1, 0.15) is 0 Å². The van der Waals surface area contributed by atoms with Crippen LogP contribution < -0.4 is 0 Å². The number of rotatable bonds is 7. The molecular formula is C13H20N2O2S. The quantitative estimate of drug-likeness (QED) is 0.826. The van der Waals surface area contributed by atoms with Crippen LogP contribution in [0, 0.1) is 5.41 Å². The molecule has 1 aromatic rings. The molecule has 1 heterocycles. The number of aromatic nitrogens is 2. The lowest BCUT2D eigenvalue weighted by Gasteiger charge is -2.10. The van der Waals surface area contributed by atoms with Gasteiger partial charge in [0.2, 0.25) is 0 Å². The van der Waals surface area contributed by atoms with Gasteiger partial charge in [-0.1, -0.05) is 0 Å². The lowest BCUT2D eigenvalue weighted by Crippen LogP contribution is -2.11. The van der Waals surface area contributed by atoms with Crippen molar-refractivity contribution >= 4 is 17.7 Å². The highest BCUT2D eigenvalue weighted by molar-refractivity contribution is 7.98. The summed E-state index contributed by atoms with van der Waals surface area (Å²) in [4.78, 5) is 10.7. The summed E-state index contributed by atoms with van der Waals surface area (Å²) in [6.07, 6.45) is 4.45. The molecule has 0 radical (unpaired) electrons. The van der Waals surface area contributed by atoms with Crippen LogP contribution in [0.4, 0.5) is 0 Å². The molecule has 0 unspecified atom stereocenters. The van der Waals surface area contributed by atoms with Crippen LogP contribution in [0.1, 0.15) is 44.8 Å². The summed E-state index contributed by atoms with van der Waals surface area (Å²) in [5.74, 6) is 1.15. The van der Waals surface area contributed by atoms with Gasteiger partial charge in [-0.25, -0.2) is 0 Å². The summed E-state index contributed by atoms with van der Waals surface area (Å²) in [6, 6.07) is 2.44. The first-order chi connectivity index (χ1) is 8.51. The second kappa shape index (κ2) is 5.34. The summed E-state index contributed by atoms with van der Waals surface area (Å²) < 4.78 is 1.96. The van der Waals surface area contributed by atoms with Gasteiger partial charge in [0.25, 0.3) is 0 Å². The Balaban J connectivity index is 1.76. The van der Waals surface area contributed by atoms with Gasteiger partial charge in [0.15, 0.2) is 0 Å². The molecule has 4 nitrogen and oxygen atoms in total. The van der Waals surface area contributed by atoms with Crippen molar-refractivity contribution in [3.05, 3.63) is 18.0 Å². The number of carboxylic acids is 1. The average Bonchev–Trinajstić information content (AvgIpc) is 2.86. The van der Waals surface area contributed by atoms with E-state index in [0.29, 0.717) is 12.5 Å². The largest absolute Gasteiger partial charge is 0.481 e. The Labute approximate surface area is 112 Å². The molecule has 0 aromatic carbocycles. The molecule has 1 N–H and O–H groups in total. The Hall–Kier alpha value is -0.970. The molecule has 0 spiro atoms. The predicted molar refractivity (Wildman–Crippen MR) is 72.7 cm³/mol. The van der Waals surface area contributed by atoms with E-state index < -0.39 is 5.97 Å². The smallest absolute Gasteiger partial charge is 0.303 e. The first kappa shape index (κ1) is 13.5. The van der Waals surface area contributed by atoms with Crippen LogP contribution in [0.2, 0.25) is 0 Å². The summed E-state index contributed by atoms with van der Waals surface area (Å²) in [5, 5.41) is 13.3. The van der Waals surface area contributed by atoms with Crippen molar-refractivity contribution in [2.75, 3.05) is 5.75 Å². The van der Waals surface area contributed by atoms with E-state index in [4.69, 9.17) is 5.11 Å². The minimum Gasteiger partial charge on any atom is -0.481 e. The van der Waals surface area contributed by atoms with Gasteiger partial charge in [-0.3, -0.25) is 9.48 Å². The van der Waals surface area contributed by atoms with Crippen LogP contribution in [-0.4, -0.2) is 26.6 Å². The highest BCUT2D eigenvalue weighted by Crippen LogP contribution is 2.51. The maximum absolute atomic E-state index is 10.7. The van der Waals surface area contributed by atoms with Gasteiger partial charge in [-0.15, -0.1) is 0 Å². The van der Waals surface area contributed by atoms with Gasteiger partial charge < -0.3 is 5.11 Å². The third-order valence-electron chi connectivity index (χ3n) is 3.33. The van der Waals surface area contributed by atoms with Gasteiger partial charge >= 0.3 is 5.97 Å². The number of hydrogen-bond acceptors (Lipinski definition) is 3.